The lowest BCUT2D eigenvalue weighted by Gasteiger charge is -2.21. The molecule has 4 nitrogen and oxygen atoms in total. The number of hydrogen-bond donors (Lipinski definition) is 1. The zero-order valence-electron chi connectivity index (χ0n) is 13.3. The minimum Gasteiger partial charge on any atom is -0.373 e. The van der Waals surface area contributed by atoms with Gasteiger partial charge in [-0.1, -0.05) is 32.6 Å². The van der Waals surface area contributed by atoms with Crippen LogP contribution in [0.2, 0.25) is 0 Å². The maximum absolute atomic E-state index is 12.2. The quantitative estimate of drug-likeness (QED) is 0.865. The highest BCUT2D eigenvalue weighted by Crippen LogP contribution is 2.25. The van der Waals surface area contributed by atoms with Gasteiger partial charge in [-0.2, -0.15) is 0 Å². The van der Waals surface area contributed by atoms with Crippen molar-refractivity contribution in [2.75, 3.05) is 23.8 Å². The Kier molecular flexibility index (Phi) is 6.03. The first-order valence-electron chi connectivity index (χ1n) is 8.18. The van der Waals surface area contributed by atoms with E-state index in [0.29, 0.717) is 5.82 Å². The second kappa shape index (κ2) is 8.01. The van der Waals surface area contributed by atoms with Gasteiger partial charge in [0.05, 0.1) is 11.9 Å². The highest BCUT2D eigenvalue weighted by Gasteiger charge is 2.21. The second-order valence-corrected chi connectivity index (χ2v) is 6.00. The molecule has 4 heteroatoms. The average molecular weight is 289 g/mol. The van der Waals surface area contributed by atoms with E-state index in [9.17, 15) is 4.79 Å². The van der Waals surface area contributed by atoms with E-state index >= 15 is 0 Å². The highest BCUT2D eigenvalue weighted by molar-refractivity contribution is 5.91. The van der Waals surface area contributed by atoms with Crippen LogP contribution in [0.1, 0.15) is 51.9 Å². The largest absolute Gasteiger partial charge is 0.373 e. The SMILES string of the molecule is CCCCN(C)c1ccc(NC(=O)C2CCCCC2)nc1. The monoisotopic (exact) mass is 289 g/mol. The van der Waals surface area contributed by atoms with Crippen LogP contribution in [-0.2, 0) is 4.79 Å². The van der Waals surface area contributed by atoms with Crippen LogP contribution in [0.5, 0.6) is 0 Å². The summed E-state index contributed by atoms with van der Waals surface area (Å²) in [5.74, 6) is 0.972. The van der Waals surface area contributed by atoms with Crippen molar-refractivity contribution in [1.82, 2.24) is 4.98 Å². The van der Waals surface area contributed by atoms with Crippen LogP contribution >= 0.6 is 0 Å². The van der Waals surface area contributed by atoms with Gasteiger partial charge in [-0.05, 0) is 31.4 Å². The van der Waals surface area contributed by atoms with E-state index in [1.165, 1.54) is 32.1 Å². The van der Waals surface area contributed by atoms with Crippen molar-refractivity contribution >= 4 is 17.4 Å². The molecule has 0 radical (unpaired) electrons. The number of amides is 1. The molecule has 1 saturated carbocycles. The summed E-state index contributed by atoms with van der Waals surface area (Å²) in [4.78, 5) is 18.7. The highest BCUT2D eigenvalue weighted by atomic mass is 16.1. The summed E-state index contributed by atoms with van der Waals surface area (Å²) in [5.41, 5.74) is 1.10. The van der Waals surface area contributed by atoms with Crippen molar-refractivity contribution in [3.8, 4) is 0 Å². The number of anilines is 2. The molecule has 1 aromatic rings. The van der Waals surface area contributed by atoms with Crippen LogP contribution in [-0.4, -0.2) is 24.5 Å². The van der Waals surface area contributed by atoms with Gasteiger partial charge in [0.15, 0.2) is 0 Å². The third kappa shape index (κ3) is 4.73. The number of hydrogen-bond acceptors (Lipinski definition) is 3. The zero-order valence-corrected chi connectivity index (χ0v) is 13.3. The average Bonchev–Trinajstić information content (AvgIpc) is 2.54. The lowest BCUT2D eigenvalue weighted by atomic mass is 9.89. The molecule has 1 fully saturated rings. The molecule has 1 heterocycles. The Balaban J connectivity index is 1.88. The van der Waals surface area contributed by atoms with Crippen molar-refractivity contribution in [2.45, 2.75) is 51.9 Å². The number of unbranched alkanes of at least 4 members (excludes halogenated alkanes) is 1. The number of pyridine rings is 1. The van der Waals surface area contributed by atoms with Crippen molar-refractivity contribution < 1.29 is 4.79 Å². The van der Waals surface area contributed by atoms with Gasteiger partial charge in [-0.3, -0.25) is 4.79 Å². The number of carbonyl (C=O) groups is 1. The molecule has 1 N–H and O–H groups in total. The maximum Gasteiger partial charge on any atom is 0.228 e. The van der Waals surface area contributed by atoms with Crippen molar-refractivity contribution in [1.29, 1.82) is 0 Å². The summed E-state index contributed by atoms with van der Waals surface area (Å²) >= 11 is 0. The van der Waals surface area contributed by atoms with Gasteiger partial charge in [0.25, 0.3) is 0 Å². The van der Waals surface area contributed by atoms with Crippen LogP contribution in [0.15, 0.2) is 18.3 Å². The molecular formula is C17H27N3O. The molecular weight excluding hydrogens is 262 g/mol. The first kappa shape index (κ1) is 15.8. The standard InChI is InChI=1S/C17H27N3O/c1-3-4-12-20(2)15-10-11-16(18-13-15)19-17(21)14-8-6-5-7-9-14/h10-11,13-14H,3-9,12H2,1-2H3,(H,18,19,21). The minimum atomic E-state index is 0.134. The van der Waals surface area contributed by atoms with E-state index in [-0.39, 0.29) is 11.8 Å². The molecule has 0 atom stereocenters. The van der Waals surface area contributed by atoms with Gasteiger partial charge < -0.3 is 10.2 Å². The Morgan fingerprint density at radius 3 is 2.71 bits per heavy atom. The number of rotatable bonds is 6. The molecule has 0 spiro atoms. The molecule has 0 bridgehead atoms. The first-order chi connectivity index (χ1) is 10.2. The summed E-state index contributed by atoms with van der Waals surface area (Å²) in [6.07, 6.45) is 9.85. The topological polar surface area (TPSA) is 45.2 Å². The fourth-order valence-corrected chi connectivity index (χ4v) is 2.80. The van der Waals surface area contributed by atoms with Gasteiger partial charge >= 0.3 is 0 Å². The molecule has 1 aliphatic rings. The predicted octanol–water partition coefficient (Wildman–Crippen LogP) is 3.84. The van der Waals surface area contributed by atoms with Crippen molar-refractivity contribution in [3.63, 3.8) is 0 Å². The predicted molar refractivity (Wildman–Crippen MR) is 87.6 cm³/mol. The minimum absolute atomic E-state index is 0.134. The van der Waals surface area contributed by atoms with Crippen LogP contribution in [0.3, 0.4) is 0 Å². The van der Waals surface area contributed by atoms with E-state index in [1.807, 2.05) is 18.3 Å². The number of nitrogens with one attached hydrogen (secondary N) is 1. The van der Waals surface area contributed by atoms with E-state index in [4.69, 9.17) is 0 Å². The molecule has 0 unspecified atom stereocenters. The Labute approximate surface area is 127 Å². The number of aromatic nitrogens is 1. The molecule has 1 amide bonds. The van der Waals surface area contributed by atoms with Gasteiger partial charge in [0.1, 0.15) is 5.82 Å². The van der Waals surface area contributed by atoms with Gasteiger partial charge in [-0.15, -0.1) is 0 Å². The van der Waals surface area contributed by atoms with E-state index in [1.54, 1.807) is 0 Å². The summed E-state index contributed by atoms with van der Waals surface area (Å²) < 4.78 is 0. The third-order valence-electron chi connectivity index (χ3n) is 4.26. The number of nitrogens with zero attached hydrogens (tertiary/aromatic N) is 2. The molecule has 0 aromatic carbocycles. The maximum atomic E-state index is 12.2. The Morgan fingerprint density at radius 1 is 1.33 bits per heavy atom. The lowest BCUT2D eigenvalue weighted by Crippen LogP contribution is -2.25. The van der Waals surface area contributed by atoms with Crippen LogP contribution in [0.4, 0.5) is 11.5 Å². The molecule has 2 rings (SSSR count). The van der Waals surface area contributed by atoms with E-state index in [2.05, 4.69) is 29.2 Å². The van der Waals surface area contributed by atoms with Gasteiger partial charge in [-0.25, -0.2) is 4.98 Å². The van der Waals surface area contributed by atoms with Crippen molar-refractivity contribution in [2.24, 2.45) is 5.92 Å². The van der Waals surface area contributed by atoms with Crippen LogP contribution in [0.25, 0.3) is 0 Å². The van der Waals surface area contributed by atoms with Crippen LogP contribution < -0.4 is 10.2 Å². The zero-order chi connectivity index (χ0) is 15.1. The summed E-state index contributed by atoms with van der Waals surface area (Å²) in [7, 11) is 2.08. The Hall–Kier alpha value is -1.58. The number of carbonyl (C=O) groups excluding carboxylic acids is 1. The summed E-state index contributed by atoms with van der Waals surface area (Å²) in [5, 5.41) is 2.95. The molecule has 0 saturated heterocycles. The normalized spacial score (nSPS) is 15.7. The molecule has 0 aliphatic heterocycles. The molecule has 21 heavy (non-hydrogen) atoms. The lowest BCUT2D eigenvalue weighted by molar-refractivity contribution is -0.120. The summed E-state index contributed by atoms with van der Waals surface area (Å²) in [6, 6.07) is 3.93. The molecule has 1 aliphatic carbocycles. The van der Waals surface area contributed by atoms with E-state index in [0.717, 1.165) is 25.1 Å². The molecule has 1 aromatic heterocycles. The first-order valence-corrected chi connectivity index (χ1v) is 8.18. The van der Waals surface area contributed by atoms with Crippen LogP contribution in [0, 0.1) is 5.92 Å². The summed E-state index contributed by atoms with van der Waals surface area (Å²) in [6.45, 7) is 3.22. The fraction of sp³-hybridized carbons (Fsp3) is 0.647. The second-order valence-electron chi connectivity index (χ2n) is 6.00. The smallest absolute Gasteiger partial charge is 0.228 e. The fourth-order valence-electron chi connectivity index (χ4n) is 2.80. The molecule has 116 valence electrons. The third-order valence-corrected chi connectivity index (χ3v) is 4.26. The van der Waals surface area contributed by atoms with Gasteiger partial charge in [0.2, 0.25) is 5.91 Å². The Bertz CT molecular complexity index is 438. The van der Waals surface area contributed by atoms with E-state index < -0.39 is 0 Å². The van der Waals surface area contributed by atoms with Crippen molar-refractivity contribution in [3.05, 3.63) is 18.3 Å². The Morgan fingerprint density at radius 2 is 2.10 bits per heavy atom. The van der Waals surface area contributed by atoms with Gasteiger partial charge in [0, 0.05) is 19.5 Å².